The molecule has 228 valence electrons. The Balaban J connectivity index is 2.15. The number of hydrogen-bond acceptors (Lipinski definition) is 8. The maximum Gasteiger partial charge on any atom is 0.326 e. The number of amides is 3. The highest BCUT2D eigenvalue weighted by atomic mass is 16.4. The molecule has 0 spiro atoms. The van der Waals surface area contributed by atoms with E-state index in [1.54, 1.807) is 12.1 Å². The molecule has 13 nitrogen and oxygen atoms in total. The van der Waals surface area contributed by atoms with Crippen molar-refractivity contribution >= 4 is 29.7 Å². The van der Waals surface area contributed by atoms with E-state index in [-0.39, 0.29) is 43.1 Å². The van der Waals surface area contributed by atoms with E-state index < -0.39 is 60.2 Å². The standard InChI is InChI=1S/C29H38N4O9/c1-16(2)13-23(32-26(38)21(30)14-17-3-7-19(34)8-4-17)28(40)31-22(11-12-25(36)37)27(39)33-24(29(41)42)15-18-5-9-20(35)10-6-18/h3-10,16,21-24,34-35H,11-15,30H2,1-2H3,(H,31,40)(H,32,38)(H,33,39)(H,36,37)(H,41,42). The molecule has 9 N–H and O–H groups in total. The number of nitrogens with one attached hydrogen (secondary N) is 3. The van der Waals surface area contributed by atoms with Crippen molar-refractivity contribution < 1.29 is 44.4 Å². The van der Waals surface area contributed by atoms with Crippen molar-refractivity contribution in [2.75, 3.05) is 0 Å². The highest BCUT2D eigenvalue weighted by molar-refractivity contribution is 5.94. The van der Waals surface area contributed by atoms with E-state index in [1.165, 1.54) is 36.4 Å². The van der Waals surface area contributed by atoms with Crippen molar-refractivity contribution in [3.05, 3.63) is 59.7 Å². The quantitative estimate of drug-likeness (QED) is 0.137. The number of carbonyl (C=O) groups excluding carboxylic acids is 3. The molecule has 0 aliphatic carbocycles. The molecule has 0 aliphatic heterocycles. The molecule has 4 atom stereocenters. The van der Waals surface area contributed by atoms with Crippen LogP contribution in [0.25, 0.3) is 0 Å². The van der Waals surface area contributed by atoms with Crippen molar-refractivity contribution in [1.82, 2.24) is 16.0 Å². The van der Waals surface area contributed by atoms with Gasteiger partial charge in [0.1, 0.15) is 29.6 Å². The molecule has 0 fully saturated rings. The van der Waals surface area contributed by atoms with Gasteiger partial charge in [0.2, 0.25) is 17.7 Å². The van der Waals surface area contributed by atoms with Crippen molar-refractivity contribution in [3.63, 3.8) is 0 Å². The SMILES string of the molecule is CC(C)CC(NC(=O)C(N)Cc1ccc(O)cc1)C(=O)NC(CCC(=O)O)C(=O)NC(Cc1ccc(O)cc1)C(=O)O. The predicted molar refractivity (Wildman–Crippen MR) is 151 cm³/mol. The molecule has 3 amide bonds. The number of rotatable bonds is 16. The number of hydrogen-bond donors (Lipinski definition) is 8. The minimum Gasteiger partial charge on any atom is -0.508 e. The van der Waals surface area contributed by atoms with Crippen LogP contribution in [0.4, 0.5) is 0 Å². The Bertz CT molecular complexity index is 1230. The molecule has 0 radical (unpaired) electrons. The normalized spacial score (nSPS) is 13.8. The van der Waals surface area contributed by atoms with Crippen molar-refractivity contribution in [2.45, 2.75) is 70.1 Å². The minimum atomic E-state index is -1.41. The Morgan fingerprint density at radius 3 is 1.62 bits per heavy atom. The summed E-state index contributed by atoms with van der Waals surface area (Å²) in [6.07, 6.45) is -0.654. The van der Waals surface area contributed by atoms with Gasteiger partial charge < -0.3 is 42.1 Å². The molecule has 0 saturated carbocycles. The number of aliphatic carboxylic acids is 2. The molecule has 0 bridgehead atoms. The number of phenols is 2. The van der Waals surface area contributed by atoms with Crippen LogP contribution in [0.15, 0.2) is 48.5 Å². The second-order valence-corrected chi connectivity index (χ2v) is 10.4. The zero-order valence-corrected chi connectivity index (χ0v) is 23.4. The van der Waals surface area contributed by atoms with Crippen LogP contribution < -0.4 is 21.7 Å². The Kier molecular flexibility index (Phi) is 12.8. The second-order valence-electron chi connectivity index (χ2n) is 10.4. The number of aromatic hydroxyl groups is 2. The molecule has 42 heavy (non-hydrogen) atoms. The van der Waals surface area contributed by atoms with Crippen LogP contribution in [0, 0.1) is 5.92 Å². The Morgan fingerprint density at radius 2 is 1.14 bits per heavy atom. The first kappa shape index (κ1) is 33.6. The maximum atomic E-state index is 13.3. The molecule has 0 aliphatic rings. The molecule has 4 unspecified atom stereocenters. The molecule has 0 aromatic heterocycles. The zero-order chi connectivity index (χ0) is 31.4. The van der Waals surface area contributed by atoms with E-state index in [9.17, 15) is 39.3 Å². The van der Waals surface area contributed by atoms with E-state index >= 15 is 0 Å². The smallest absolute Gasteiger partial charge is 0.326 e. The van der Waals surface area contributed by atoms with Crippen molar-refractivity contribution in [1.29, 1.82) is 0 Å². The third kappa shape index (κ3) is 11.5. The Morgan fingerprint density at radius 1 is 0.690 bits per heavy atom. The number of carboxylic acid groups (broad SMARTS) is 2. The highest BCUT2D eigenvalue weighted by Gasteiger charge is 2.31. The van der Waals surface area contributed by atoms with Crippen LogP contribution >= 0.6 is 0 Å². The summed E-state index contributed by atoms with van der Waals surface area (Å²) in [5.41, 5.74) is 7.24. The summed E-state index contributed by atoms with van der Waals surface area (Å²) in [6.45, 7) is 3.64. The highest BCUT2D eigenvalue weighted by Crippen LogP contribution is 2.13. The minimum absolute atomic E-state index is 0.0181. The van der Waals surface area contributed by atoms with Gasteiger partial charge in [0.05, 0.1) is 6.04 Å². The number of carbonyl (C=O) groups is 5. The lowest BCUT2D eigenvalue weighted by Crippen LogP contribution is -2.57. The van der Waals surface area contributed by atoms with Gasteiger partial charge in [0.25, 0.3) is 0 Å². The summed E-state index contributed by atoms with van der Waals surface area (Å²) >= 11 is 0. The third-order valence-corrected chi connectivity index (χ3v) is 6.34. The molecule has 0 saturated heterocycles. The summed E-state index contributed by atoms with van der Waals surface area (Å²) in [7, 11) is 0. The summed E-state index contributed by atoms with van der Waals surface area (Å²) in [5.74, 6) is -4.91. The van der Waals surface area contributed by atoms with Crippen LogP contribution in [-0.4, -0.2) is 74.3 Å². The maximum absolute atomic E-state index is 13.3. The van der Waals surface area contributed by atoms with Gasteiger partial charge in [-0.15, -0.1) is 0 Å². The van der Waals surface area contributed by atoms with Gasteiger partial charge in [-0.3, -0.25) is 19.2 Å². The van der Waals surface area contributed by atoms with E-state index in [0.29, 0.717) is 11.1 Å². The Hall–Kier alpha value is -4.65. The van der Waals surface area contributed by atoms with Crippen LogP contribution in [0.5, 0.6) is 11.5 Å². The zero-order valence-electron chi connectivity index (χ0n) is 23.4. The fourth-order valence-corrected chi connectivity index (χ4v) is 4.11. The van der Waals surface area contributed by atoms with Crippen molar-refractivity contribution in [3.8, 4) is 11.5 Å². The number of benzene rings is 2. The second kappa shape index (κ2) is 16.0. The topological polar surface area (TPSA) is 228 Å². The van der Waals surface area contributed by atoms with E-state index in [1.807, 2.05) is 13.8 Å². The number of phenolic OH excluding ortho intramolecular Hbond substituents is 2. The third-order valence-electron chi connectivity index (χ3n) is 6.34. The van der Waals surface area contributed by atoms with Crippen LogP contribution in [0.3, 0.4) is 0 Å². The first-order chi connectivity index (χ1) is 19.7. The molecule has 2 rings (SSSR count). The lowest BCUT2D eigenvalue weighted by atomic mass is 10.0. The fraction of sp³-hybridized carbons (Fsp3) is 0.414. The number of carboxylic acids is 2. The van der Waals surface area contributed by atoms with Crippen LogP contribution in [0.2, 0.25) is 0 Å². The number of nitrogens with two attached hydrogens (primary N) is 1. The summed E-state index contributed by atoms with van der Waals surface area (Å²) in [6, 6.07) is 6.89. The summed E-state index contributed by atoms with van der Waals surface area (Å²) in [4.78, 5) is 62.3. The first-order valence-corrected chi connectivity index (χ1v) is 13.4. The van der Waals surface area contributed by atoms with Gasteiger partial charge in [0.15, 0.2) is 0 Å². The molecular weight excluding hydrogens is 548 g/mol. The Labute approximate surface area is 243 Å². The first-order valence-electron chi connectivity index (χ1n) is 13.4. The van der Waals surface area contributed by atoms with Crippen LogP contribution in [0.1, 0.15) is 44.2 Å². The lowest BCUT2D eigenvalue weighted by Gasteiger charge is -2.26. The van der Waals surface area contributed by atoms with Gasteiger partial charge >= 0.3 is 11.9 Å². The van der Waals surface area contributed by atoms with Gasteiger partial charge in [-0.05, 0) is 60.6 Å². The van der Waals surface area contributed by atoms with Crippen LogP contribution in [-0.2, 0) is 36.8 Å². The van der Waals surface area contributed by atoms with E-state index in [2.05, 4.69) is 16.0 Å². The molecule has 2 aromatic rings. The molecule has 13 heteroatoms. The van der Waals surface area contributed by atoms with Gasteiger partial charge in [-0.2, -0.15) is 0 Å². The predicted octanol–water partition coefficient (Wildman–Crippen LogP) is 0.660. The average molecular weight is 587 g/mol. The fourth-order valence-electron chi connectivity index (χ4n) is 4.11. The summed E-state index contributed by atoms with van der Waals surface area (Å²) < 4.78 is 0. The van der Waals surface area contributed by atoms with Gasteiger partial charge in [-0.25, -0.2) is 4.79 Å². The molecule has 0 heterocycles. The molecule has 2 aromatic carbocycles. The van der Waals surface area contributed by atoms with Gasteiger partial charge in [-0.1, -0.05) is 38.1 Å². The average Bonchev–Trinajstić information content (AvgIpc) is 2.91. The monoisotopic (exact) mass is 586 g/mol. The van der Waals surface area contributed by atoms with Gasteiger partial charge in [0, 0.05) is 12.8 Å². The summed E-state index contributed by atoms with van der Waals surface area (Å²) in [5, 5.41) is 45.1. The molecular formula is C29H38N4O9. The van der Waals surface area contributed by atoms with E-state index in [0.717, 1.165) is 0 Å². The van der Waals surface area contributed by atoms with Crippen molar-refractivity contribution in [2.24, 2.45) is 11.7 Å². The largest absolute Gasteiger partial charge is 0.508 e. The lowest BCUT2D eigenvalue weighted by molar-refractivity contribution is -0.143. The van der Waals surface area contributed by atoms with E-state index in [4.69, 9.17) is 10.8 Å².